The number of aryl methyl sites for hydroxylation is 1. The highest BCUT2D eigenvalue weighted by atomic mass is 79.9. The zero-order valence-corrected chi connectivity index (χ0v) is 9.73. The quantitative estimate of drug-likeness (QED) is 0.782. The van der Waals surface area contributed by atoms with Gasteiger partial charge in [0.15, 0.2) is 6.29 Å². The monoisotopic (exact) mass is 264 g/mol. The van der Waals surface area contributed by atoms with E-state index in [1.54, 1.807) is 17.9 Å². The van der Waals surface area contributed by atoms with E-state index in [1.807, 2.05) is 24.3 Å². The molecular weight excluding hydrogens is 256 g/mol. The molecule has 0 amide bonds. The molecule has 1 aromatic heterocycles. The molecular formula is C11H9BrN2O. The predicted molar refractivity (Wildman–Crippen MR) is 61.7 cm³/mol. The molecule has 0 aliphatic rings. The minimum Gasteiger partial charge on any atom is -0.298 e. The Bertz CT molecular complexity index is 505. The molecule has 1 aromatic carbocycles. The third-order valence-electron chi connectivity index (χ3n) is 2.11. The molecule has 15 heavy (non-hydrogen) atoms. The molecule has 0 saturated heterocycles. The van der Waals surface area contributed by atoms with Crippen LogP contribution in [0.15, 0.2) is 34.9 Å². The van der Waals surface area contributed by atoms with Gasteiger partial charge in [-0.3, -0.25) is 9.48 Å². The summed E-state index contributed by atoms with van der Waals surface area (Å²) in [7, 11) is 1.80. The van der Waals surface area contributed by atoms with Crippen molar-refractivity contribution in [3.05, 3.63) is 40.5 Å². The molecule has 2 rings (SSSR count). The third-order valence-corrected chi connectivity index (χ3v) is 2.80. The Hall–Kier alpha value is -1.42. The molecule has 0 N–H and O–H groups in total. The molecule has 2 aromatic rings. The molecule has 0 aliphatic heterocycles. The Balaban J connectivity index is 2.63. The van der Waals surface area contributed by atoms with E-state index in [9.17, 15) is 4.79 Å². The van der Waals surface area contributed by atoms with Crippen LogP contribution >= 0.6 is 15.9 Å². The Morgan fingerprint density at radius 3 is 2.80 bits per heavy atom. The van der Waals surface area contributed by atoms with Crippen molar-refractivity contribution in [2.24, 2.45) is 7.05 Å². The molecule has 0 spiro atoms. The van der Waals surface area contributed by atoms with Gasteiger partial charge in [-0.25, -0.2) is 0 Å². The van der Waals surface area contributed by atoms with Gasteiger partial charge in [0.2, 0.25) is 0 Å². The van der Waals surface area contributed by atoms with Gasteiger partial charge in [-0.05, 0) is 6.07 Å². The zero-order valence-electron chi connectivity index (χ0n) is 8.14. The van der Waals surface area contributed by atoms with Crippen LogP contribution in [0.4, 0.5) is 0 Å². The van der Waals surface area contributed by atoms with Crippen LogP contribution in [-0.4, -0.2) is 16.1 Å². The number of hydrogen-bond donors (Lipinski definition) is 0. The molecule has 0 radical (unpaired) electrons. The Morgan fingerprint density at radius 2 is 2.13 bits per heavy atom. The fourth-order valence-corrected chi connectivity index (χ4v) is 1.93. The maximum Gasteiger partial charge on any atom is 0.153 e. The first-order valence-electron chi connectivity index (χ1n) is 4.46. The van der Waals surface area contributed by atoms with Crippen LogP contribution in [0, 0.1) is 0 Å². The summed E-state index contributed by atoms with van der Waals surface area (Å²) in [5.41, 5.74) is 2.24. The summed E-state index contributed by atoms with van der Waals surface area (Å²) in [5, 5.41) is 4.27. The van der Waals surface area contributed by atoms with Crippen molar-refractivity contribution >= 4 is 22.2 Å². The van der Waals surface area contributed by atoms with Crippen LogP contribution in [0.2, 0.25) is 0 Å². The number of carbonyl (C=O) groups excluding carboxylic acids is 1. The molecule has 3 nitrogen and oxygen atoms in total. The maximum absolute atomic E-state index is 10.9. The van der Waals surface area contributed by atoms with Gasteiger partial charge in [0.05, 0.1) is 5.56 Å². The molecule has 0 fully saturated rings. The highest BCUT2D eigenvalue weighted by Gasteiger charge is 2.11. The second-order valence-corrected chi connectivity index (χ2v) is 4.06. The first-order valence-corrected chi connectivity index (χ1v) is 5.25. The first-order chi connectivity index (χ1) is 7.22. The maximum atomic E-state index is 10.9. The summed E-state index contributed by atoms with van der Waals surface area (Å²) in [6.07, 6.45) is 2.53. The van der Waals surface area contributed by atoms with E-state index < -0.39 is 0 Å². The average molecular weight is 265 g/mol. The SMILES string of the molecule is Cn1cc(C=O)c(-c2ccccc2Br)n1. The van der Waals surface area contributed by atoms with E-state index in [2.05, 4.69) is 21.0 Å². The van der Waals surface area contributed by atoms with E-state index in [1.165, 1.54) is 0 Å². The Labute approximate surface area is 95.9 Å². The summed E-state index contributed by atoms with van der Waals surface area (Å²) >= 11 is 3.44. The molecule has 0 atom stereocenters. The molecule has 1 heterocycles. The second kappa shape index (κ2) is 3.98. The van der Waals surface area contributed by atoms with Crippen molar-refractivity contribution in [1.82, 2.24) is 9.78 Å². The predicted octanol–water partition coefficient (Wildman–Crippen LogP) is 2.66. The molecule has 0 saturated carbocycles. The van der Waals surface area contributed by atoms with Gasteiger partial charge in [-0.2, -0.15) is 5.10 Å². The lowest BCUT2D eigenvalue weighted by atomic mass is 10.1. The largest absolute Gasteiger partial charge is 0.298 e. The molecule has 0 bridgehead atoms. The minimum absolute atomic E-state index is 0.601. The highest BCUT2D eigenvalue weighted by Crippen LogP contribution is 2.28. The van der Waals surface area contributed by atoms with Crippen molar-refractivity contribution in [3.8, 4) is 11.3 Å². The van der Waals surface area contributed by atoms with Crippen LogP contribution in [0.5, 0.6) is 0 Å². The number of benzene rings is 1. The average Bonchev–Trinajstić information content (AvgIpc) is 2.60. The van der Waals surface area contributed by atoms with E-state index >= 15 is 0 Å². The molecule has 0 unspecified atom stereocenters. The summed E-state index contributed by atoms with van der Waals surface area (Å²) in [4.78, 5) is 10.9. The first kappa shape index (κ1) is 10.1. The zero-order chi connectivity index (χ0) is 10.8. The lowest BCUT2D eigenvalue weighted by Crippen LogP contribution is -1.88. The second-order valence-electron chi connectivity index (χ2n) is 3.20. The number of carbonyl (C=O) groups is 1. The molecule has 76 valence electrons. The number of aromatic nitrogens is 2. The van der Waals surface area contributed by atoms with Gasteiger partial charge < -0.3 is 0 Å². The lowest BCUT2D eigenvalue weighted by Gasteiger charge is -2.00. The van der Waals surface area contributed by atoms with Gasteiger partial charge in [-0.15, -0.1) is 0 Å². The number of rotatable bonds is 2. The van der Waals surface area contributed by atoms with E-state index in [0.29, 0.717) is 11.3 Å². The minimum atomic E-state index is 0.601. The van der Waals surface area contributed by atoms with Gasteiger partial charge >= 0.3 is 0 Å². The summed E-state index contributed by atoms with van der Waals surface area (Å²) in [6.45, 7) is 0. The summed E-state index contributed by atoms with van der Waals surface area (Å²) in [5.74, 6) is 0. The van der Waals surface area contributed by atoms with E-state index in [-0.39, 0.29) is 0 Å². The van der Waals surface area contributed by atoms with Crippen molar-refractivity contribution in [2.45, 2.75) is 0 Å². The topological polar surface area (TPSA) is 34.9 Å². The van der Waals surface area contributed by atoms with Crippen LogP contribution in [0.1, 0.15) is 10.4 Å². The van der Waals surface area contributed by atoms with Crippen molar-refractivity contribution in [1.29, 1.82) is 0 Å². The summed E-state index contributed by atoms with van der Waals surface area (Å²) in [6, 6.07) is 7.71. The number of aldehydes is 1. The number of hydrogen-bond acceptors (Lipinski definition) is 2. The number of nitrogens with zero attached hydrogens (tertiary/aromatic N) is 2. The van der Waals surface area contributed by atoms with E-state index in [4.69, 9.17) is 0 Å². The fourth-order valence-electron chi connectivity index (χ4n) is 1.46. The van der Waals surface area contributed by atoms with Gasteiger partial charge in [-0.1, -0.05) is 34.1 Å². The van der Waals surface area contributed by atoms with Crippen LogP contribution in [-0.2, 0) is 7.05 Å². The standard InChI is InChI=1S/C11H9BrN2O/c1-14-6-8(7-15)11(13-14)9-4-2-3-5-10(9)12/h2-7H,1H3. The van der Waals surface area contributed by atoms with Crippen molar-refractivity contribution < 1.29 is 4.79 Å². The van der Waals surface area contributed by atoms with Gasteiger partial charge in [0.25, 0.3) is 0 Å². The summed E-state index contributed by atoms with van der Waals surface area (Å²) < 4.78 is 2.57. The normalized spacial score (nSPS) is 10.3. The van der Waals surface area contributed by atoms with Crippen LogP contribution in [0.25, 0.3) is 11.3 Å². The van der Waals surface area contributed by atoms with Crippen LogP contribution < -0.4 is 0 Å². The van der Waals surface area contributed by atoms with Gasteiger partial charge in [0.1, 0.15) is 5.69 Å². The van der Waals surface area contributed by atoms with Crippen molar-refractivity contribution in [3.63, 3.8) is 0 Å². The lowest BCUT2D eigenvalue weighted by molar-refractivity contribution is 0.112. The highest BCUT2D eigenvalue weighted by molar-refractivity contribution is 9.10. The Morgan fingerprint density at radius 1 is 1.40 bits per heavy atom. The number of halogens is 1. The smallest absolute Gasteiger partial charge is 0.153 e. The molecule has 0 aliphatic carbocycles. The van der Waals surface area contributed by atoms with Crippen molar-refractivity contribution in [2.75, 3.05) is 0 Å². The molecule has 4 heteroatoms. The Kier molecular flexibility index (Phi) is 2.68. The van der Waals surface area contributed by atoms with E-state index in [0.717, 1.165) is 16.3 Å². The fraction of sp³-hybridized carbons (Fsp3) is 0.0909. The van der Waals surface area contributed by atoms with Crippen LogP contribution in [0.3, 0.4) is 0 Å². The third kappa shape index (κ3) is 1.85. The van der Waals surface area contributed by atoms with Gasteiger partial charge in [0, 0.05) is 23.3 Å².